The number of hydrogen-bond acceptors (Lipinski definition) is 5. The number of benzene rings is 4. The number of methoxy groups -OCH3 is 1. The Hall–Kier alpha value is -4.35. The standard InChI is InChI=1S/C34H27IN2O3/c1-22-9-13-26(14-10-22)31-28(19-36)34(40-32(31)27-15-11-23(2)12-16-27)37-20-25-17-29(35)33(30(18-25)38-3)39-21-24-7-5-4-6-8-24/h4-18,20H,21H2,1-3H3. The van der Waals surface area contributed by atoms with Crippen molar-refractivity contribution in [2.45, 2.75) is 20.5 Å². The smallest absolute Gasteiger partial charge is 0.238 e. The maximum Gasteiger partial charge on any atom is 0.238 e. The van der Waals surface area contributed by atoms with Gasteiger partial charge in [0.05, 0.1) is 10.7 Å². The molecular formula is C34H27IN2O3. The Balaban J connectivity index is 1.52. The maximum absolute atomic E-state index is 10.2. The number of aryl methyl sites for hydroxylation is 2. The van der Waals surface area contributed by atoms with Gasteiger partial charge in [-0.1, -0.05) is 90.0 Å². The molecule has 40 heavy (non-hydrogen) atoms. The third kappa shape index (κ3) is 5.95. The molecule has 0 aliphatic rings. The predicted molar refractivity (Wildman–Crippen MR) is 168 cm³/mol. The second kappa shape index (κ2) is 12.2. The average Bonchev–Trinajstić information content (AvgIpc) is 3.35. The Morgan fingerprint density at radius 3 is 2.17 bits per heavy atom. The monoisotopic (exact) mass is 638 g/mol. The Labute approximate surface area is 247 Å². The number of halogens is 1. The van der Waals surface area contributed by atoms with Crippen molar-refractivity contribution in [1.29, 1.82) is 5.26 Å². The summed E-state index contributed by atoms with van der Waals surface area (Å²) < 4.78 is 18.9. The molecule has 1 heterocycles. The summed E-state index contributed by atoms with van der Waals surface area (Å²) in [5.41, 5.74) is 7.06. The van der Waals surface area contributed by atoms with Crippen LogP contribution in [0, 0.1) is 28.7 Å². The van der Waals surface area contributed by atoms with Gasteiger partial charge in [0.2, 0.25) is 5.88 Å². The van der Waals surface area contributed by atoms with Crippen molar-refractivity contribution in [3.63, 3.8) is 0 Å². The number of rotatable bonds is 8. The fourth-order valence-corrected chi connectivity index (χ4v) is 5.12. The lowest BCUT2D eigenvalue weighted by molar-refractivity contribution is 0.282. The molecular weight excluding hydrogens is 611 g/mol. The Morgan fingerprint density at radius 2 is 1.55 bits per heavy atom. The minimum Gasteiger partial charge on any atom is -0.493 e. The molecule has 0 atom stereocenters. The Kier molecular flexibility index (Phi) is 8.32. The third-order valence-corrected chi connectivity index (χ3v) is 7.27. The zero-order chi connectivity index (χ0) is 28.1. The van der Waals surface area contributed by atoms with Gasteiger partial charge in [-0.15, -0.1) is 0 Å². The van der Waals surface area contributed by atoms with Crippen LogP contribution in [0.1, 0.15) is 27.8 Å². The normalized spacial score (nSPS) is 11.0. The maximum atomic E-state index is 10.2. The van der Waals surface area contributed by atoms with Gasteiger partial charge >= 0.3 is 0 Å². The van der Waals surface area contributed by atoms with Gasteiger partial charge in [-0.3, -0.25) is 0 Å². The van der Waals surface area contributed by atoms with Crippen LogP contribution in [0.25, 0.3) is 22.5 Å². The van der Waals surface area contributed by atoms with E-state index < -0.39 is 0 Å². The quantitative estimate of drug-likeness (QED) is 0.126. The first kappa shape index (κ1) is 27.2. The fourth-order valence-electron chi connectivity index (χ4n) is 4.33. The van der Waals surface area contributed by atoms with Crippen LogP contribution in [-0.4, -0.2) is 13.3 Å². The van der Waals surface area contributed by atoms with Crippen LogP contribution in [0.4, 0.5) is 5.88 Å². The first-order valence-corrected chi connectivity index (χ1v) is 13.8. The van der Waals surface area contributed by atoms with Crippen molar-refractivity contribution >= 4 is 34.7 Å². The second-order valence-electron chi connectivity index (χ2n) is 9.40. The van der Waals surface area contributed by atoms with Crippen LogP contribution in [0.5, 0.6) is 11.5 Å². The summed E-state index contributed by atoms with van der Waals surface area (Å²) in [6.07, 6.45) is 1.68. The molecule has 0 bridgehead atoms. The molecule has 5 nitrogen and oxygen atoms in total. The molecule has 6 heteroatoms. The van der Waals surface area contributed by atoms with Crippen molar-refractivity contribution in [2.75, 3.05) is 7.11 Å². The van der Waals surface area contributed by atoms with E-state index >= 15 is 0 Å². The van der Waals surface area contributed by atoms with Gasteiger partial charge in [0.1, 0.15) is 24.0 Å². The van der Waals surface area contributed by atoms with Crippen molar-refractivity contribution in [1.82, 2.24) is 0 Å². The van der Waals surface area contributed by atoms with Gasteiger partial charge in [0.15, 0.2) is 11.5 Å². The number of aliphatic imine (C=N–C) groups is 1. The first-order valence-electron chi connectivity index (χ1n) is 12.8. The zero-order valence-electron chi connectivity index (χ0n) is 22.4. The summed E-state index contributed by atoms with van der Waals surface area (Å²) in [6, 6.07) is 32.3. The average molecular weight is 639 g/mol. The summed E-state index contributed by atoms with van der Waals surface area (Å²) >= 11 is 2.23. The van der Waals surface area contributed by atoms with Crippen LogP contribution in [-0.2, 0) is 6.61 Å². The number of nitriles is 1. The van der Waals surface area contributed by atoms with E-state index in [1.165, 1.54) is 0 Å². The molecule has 1 aromatic heterocycles. The van der Waals surface area contributed by atoms with E-state index in [0.29, 0.717) is 29.4 Å². The molecule has 0 N–H and O–H groups in total. The Morgan fingerprint density at radius 1 is 0.900 bits per heavy atom. The molecule has 0 saturated carbocycles. The molecule has 0 aliphatic heterocycles. The molecule has 0 spiro atoms. The van der Waals surface area contributed by atoms with Gasteiger partial charge in [-0.25, -0.2) is 4.99 Å². The van der Waals surface area contributed by atoms with E-state index in [1.54, 1.807) is 13.3 Å². The fraction of sp³-hybridized carbons (Fsp3) is 0.118. The second-order valence-corrected chi connectivity index (χ2v) is 10.6. The first-order chi connectivity index (χ1) is 19.5. The van der Waals surface area contributed by atoms with Gasteiger partial charge in [-0.2, -0.15) is 5.26 Å². The van der Waals surface area contributed by atoms with E-state index in [2.05, 4.69) is 33.7 Å². The SMILES string of the molecule is COc1cc(C=Nc2oc(-c3ccc(C)cc3)c(-c3ccc(C)cc3)c2C#N)cc(I)c1OCc1ccccc1. The predicted octanol–water partition coefficient (Wildman–Crippen LogP) is 9.04. The van der Waals surface area contributed by atoms with Crippen LogP contribution in [0.15, 0.2) is 100 Å². The summed E-state index contributed by atoms with van der Waals surface area (Å²) in [7, 11) is 1.61. The van der Waals surface area contributed by atoms with E-state index in [4.69, 9.17) is 13.9 Å². The molecule has 0 fully saturated rings. The van der Waals surface area contributed by atoms with Crippen molar-refractivity contribution in [3.05, 3.63) is 122 Å². The number of furan rings is 1. The molecule has 0 radical (unpaired) electrons. The lowest BCUT2D eigenvalue weighted by Gasteiger charge is -2.13. The molecule has 0 saturated heterocycles. The van der Waals surface area contributed by atoms with Crippen LogP contribution >= 0.6 is 22.6 Å². The zero-order valence-corrected chi connectivity index (χ0v) is 24.6. The number of ether oxygens (including phenoxy) is 2. The highest BCUT2D eigenvalue weighted by Gasteiger charge is 2.23. The van der Waals surface area contributed by atoms with Gasteiger partial charge in [-0.05, 0) is 65.3 Å². The van der Waals surface area contributed by atoms with E-state index in [9.17, 15) is 5.26 Å². The molecule has 5 rings (SSSR count). The van der Waals surface area contributed by atoms with Crippen LogP contribution in [0.2, 0.25) is 0 Å². The lowest BCUT2D eigenvalue weighted by Crippen LogP contribution is -2.00. The molecule has 198 valence electrons. The van der Waals surface area contributed by atoms with Crippen molar-refractivity contribution in [2.24, 2.45) is 4.99 Å². The summed E-state index contributed by atoms with van der Waals surface area (Å²) in [5, 5.41) is 10.2. The van der Waals surface area contributed by atoms with Crippen LogP contribution in [0.3, 0.4) is 0 Å². The largest absolute Gasteiger partial charge is 0.493 e. The highest BCUT2D eigenvalue weighted by Crippen LogP contribution is 2.43. The van der Waals surface area contributed by atoms with Gasteiger partial charge < -0.3 is 13.9 Å². The molecule has 4 aromatic carbocycles. The Bertz CT molecular complexity index is 1700. The minimum absolute atomic E-state index is 0.257. The molecule has 0 unspecified atom stereocenters. The van der Waals surface area contributed by atoms with Crippen LogP contribution < -0.4 is 9.47 Å². The van der Waals surface area contributed by atoms with Crippen molar-refractivity contribution < 1.29 is 13.9 Å². The molecule has 5 aromatic rings. The number of hydrogen-bond donors (Lipinski definition) is 0. The minimum atomic E-state index is 0.257. The van der Waals surface area contributed by atoms with Gasteiger partial charge in [0.25, 0.3) is 0 Å². The number of nitrogens with zero attached hydrogens (tertiary/aromatic N) is 2. The third-order valence-electron chi connectivity index (χ3n) is 6.46. The summed E-state index contributed by atoms with van der Waals surface area (Å²) in [4.78, 5) is 4.64. The van der Waals surface area contributed by atoms with E-state index in [0.717, 1.165) is 42.5 Å². The van der Waals surface area contributed by atoms with E-state index in [1.807, 2.05) is 105 Å². The summed E-state index contributed by atoms with van der Waals surface area (Å²) in [5.74, 6) is 2.14. The van der Waals surface area contributed by atoms with E-state index in [-0.39, 0.29) is 5.88 Å². The van der Waals surface area contributed by atoms with Crippen molar-refractivity contribution in [3.8, 4) is 40.0 Å². The highest BCUT2D eigenvalue weighted by atomic mass is 127. The lowest BCUT2D eigenvalue weighted by atomic mass is 9.97. The van der Waals surface area contributed by atoms with Gasteiger partial charge in [0, 0.05) is 17.3 Å². The summed E-state index contributed by atoms with van der Waals surface area (Å²) in [6.45, 7) is 4.51. The molecule has 0 aliphatic carbocycles. The highest BCUT2D eigenvalue weighted by molar-refractivity contribution is 14.1. The molecule has 0 amide bonds. The topological polar surface area (TPSA) is 67.8 Å².